The molecule has 20 heavy (non-hydrogen) atoms. The fourth-order valence-corrected chi connectivity index (χ4v) is 3.26. The molecular formula is C12H18ClN3O3S. The van der Waals surface area contributed by atoms with Crippen LogP contribution in [0.5, 0.6) is 0 Å². The molecule has 0 aromatic heterocycles. The van der Waals surface area contributed by atoms with Crippen molar-refractivity contribution in [3.63, 3.8) is 0 Å². The van der Waals surface area contributed by atoms with Gasteiger partial charge in [0.05, 0.1) is 5.02 Å². The van der Waals surface area contributed by atoms with E-state index >= 15 is 0 Å². The van der Waals surface area contributed by atoms with E-state index in [0.717, 1.165) is 9.87 Å². The van der Waals surface area contributed by atoms with E-state index in [-0.39, 0.29) is 35.3 Å². The number of hydrogen-bond donors (Lipinski definition) is 2. The minimum Gasteiger partial charge on any atom is -0.359 e. The van der Waals surface area contributed by atoms with E-state index in [4.69, 9.17) is 17.3 Å². The number of nitrogens with two attached hydrogens (primary N) is 1. The van der Waals surface area contributed by atoms with Gasteiger partial charge in [-0.25, -0.2) is 12.7 Å². The Kier molecular flexibility index (Phi) is 5.94. The van der Waals surface area contributed by atoms with E-state index in [0.29, 0.717) is 0 Å². The summed E-state index contributed by atoms with van der Waals surface area (Å²) >= 11 is 5.99. The van der Waals surface area contributed by atoms with E-state index in [1.54, 1.807) is 6.07 Å². The molecule has 112 valence electrons. The zero-order chi connectivity index (χ0) is 15.3. The number of sulfonamides is 1. The van der Waals surface area contributed by atoms with Gasteiger partial charge in [-0.3, -0.25) is 4.79 Å². The molecule has 0 bridgehead atoms. The first kappa shape index (κ1) is 16.9. The molecule has 1 aromatic rings. The Morgan fingerprint density at radius 2 is 2.10 bits per heavy atom. The van der Waals surface area contributed by atoms with Gasteiger partial charge in [-0.05, 0) is 17.7 Å². The molecule has 8 heteroatoms. The summed E-state index contributed by atoms with van der Waals surface area (Å²) in [6.45, 7) is 0.365. The number of rotatable bonds is 6. The van der Waals surface area contributed by atoms with Gasteiger partial charge in [0.25, 0.3) is 0 Å². The fraction of sp³-hybridized carbons (Fsp3) is 0.417. The van der Waals surface area contributed by atoms with E-state index in [2.05, 4.69) is 5.32 Å². The number of halogens is 1. The Balaban J connectivity index is 2.95. The van der Waals surface area contributed by atoms with Crippen molar-refractivity contribution >= 4 is 27.5 Å². The third-order valence-corrected chi connectivity index (χ3v) is 5.19. The topological polar surface area (TPSA) is 92.5 Å². The normalized spacial score (nSPS) is 11.7. The van der Waals surface area contributed by atoms with Crippen LogP contribution in [0.25, 0.3) is 0 Å². The number of nitrogens with zero attached hydrogens (tertiary/aromatic N) is 1. The molecule has 1 aromatic carbocycles. The maximum absolute atomic E-state index is 12.3. The summed E-state index contributed by atoms with van der Waals surface area (Å²) in [6, 6.07) is 4.57. The Morgan fingerprint density at radius 1 is 1.45 bits per heavy atom. The lowest BCUT2D eigenvalue weighted by atomic mass is 10.2. The lowest BCUT2D eigenvalue weighted by Gasteiger charge is -2.17. The SMILES string of the molecule is CNC(=O)CCN(C)S(=O)(=O)c1ccc(CN)cc1Cl. The highest BCUT2D eigenvalue weighted by Crippen LogP contribution is 2.25. The molecule has 6 nitrogen and oxygen atoms in total. The minimum absolute atomic E-state index is 0.00998. The van der Waals surface area contributed by atoms with Crippen LogP contribution in [0.15, 0.2) is 23.1 Å². The number of hydrogen-bond acceptors (Lipinski definition) is 4. The van der Waals surface area contributed by atoms with E-state index < -0.39 is 10.0 Å². The number of carbonyl (C=O) groups is 1. The van der Waals surface area contributed by atoms with Crippen LogP contribution in [0.2, 0.25) is 5.02 Å². The summed E-state index contributed by atoms with van der Waals surface area (Å²) in [7, 11) is -0.811. The van der Waals surface area contributed by atoms with Gasteiger partial charge in [-0.15, -0.1) is 0 Å². The molecule has 1 amide bonds. The molecule has 3 N–H and O–H groups in total. The van der Waals surface area contributed by atoms with Crippen molar-refractivity contribution < 1.29 is 13.2 Å². The quantitative estimate of drug-likeness (QED) is 0.801. The molecule has 0 saturated heterocycles. The molecule has 0 radical (unpaired) electrons. The molecule has 0 aliphatic heterocycles. The van der Waals surface area contributed by atoms with Crippen molar-refractivity contribution in [2.45, 2.75) is 17.9 Å². The third-order valence-electron chi connectivity index (χ3n) is 2.85. The lowest BCUT2D eigenvalue weighted by Crippen LogP contribution is -2.31. The summed E-state index contributed by atoms with van der Waals surface area (Å²) in [5.74, 6) is -0.225. The second kappa shape index (κ2) is 7.03. The van der Waals surface area contributed by atoms with Crippen molar-refractivity contribution in [1.82, 2.24) is 9.62 Å². The predicted octanol–water partition coefficient (Wildman–Crippen LogP) is 0.555. The summed E-state index contributed by atoms with van der Waals surface area (Å²) in [6.07, 6.45) is 0.0880. The smallest absolute Gasteiger partial charge is 0.244 e. The highest BCUT2D eigenvalue weighted by Gasteiger charge is 2.23. The molecule has 0 unspecified atom stereocenters. The Morgan fingerprint density at radius 3 is 2.60 bits per heavy atom. The lowest BCUT2D eigenvalue weighted by molar-refractivity contribution is -0.120. The van der Waals surface area contributed by atoms with Gasteiger partial charge in [0.2, 0.25) is 15.9 Å². The van der Waals surface area contributed by atoms with Gasteiger partial charge >= 0.3 is 0 Å². The number of amides is 1. The average molecular weight is 320 g/mol. The van der Waals surface area contributed by atoms with Crippen molar-refractivity contribution in [2.75, 3.05) is 20.6 Å². The molecule has 0 heterocycles. The Labute approximate surface area is 123 Å². The molecular weight excluding hydrogens is 302 g/mol. The summed E-state index contributed by atoms with van der Waals surface area (Å²) in [5.41, 5.74) is 6.22. The largest absolute Gasteiger partial charge is 0.359 e. The third kappa shape index (κ3) is 3.92. The van der Waals surface area contributed by atoms with E-state index in [1.807, 2.05) is 0 Å². The average Bonchev–Trinajstić information content (AvgIpc) is 2.43. The van der Waals surface area contributed by atoms with Crippen LogP contribution in [-0.2, 0) is 21.4 Å². The standard InChI is InChI=1S/C12H18ClN3O3S/c1-15-12(17)5-6-16(2)20(18,19)11-4-3-9(8-14)7-10(11)13/h3-4,7H,5-6,8,14H2,1-2H3,(H,15,17). The molecule has 0 aliphatic carbocycles. The summed E-state index contributed by atoms with van der Waals surface area (Å²) in [5, 5.41) is 2.56. The van der Waals surface area contributed by atoms with Crippen molar-refractivity contribution in [3.8, 4) is 0 Å². The molecule has 0 saturated carbocycles. The summed E-state index contributed by atoms with van der Waals surface area (Å²) < 4.78 is 25.8. The van der Waals surface area contributed by atoms with Crippen LogP contribution in [-0.4, -0.2) is 39.3 Å². The van der Waals surface area contributed by atoms with Gasteiger partial charge in [-0.1, -0.05) is 17.7 Å². The first-order valence-electron chi connectivity index (χ1n) is 5.98. The van der Waals surface area contributed by atoms with Crippen LogP contribution in [0.4, 0.5) is 0 Å². The predicted molar refractivity (Wildman–Crippen MR) is 77.8 cm³/mol. The van der Waals surface area contributed by atoms with Crippen molar-refractivity contribution in [3.05, 3.63) is 28.8 Å². The van der Waals surface area contributed by atoms with Gasteiger partial charge in [0.1, 0.15) is 4.90 Å². The maximum Gasteiger partial charge on any atom is 0.244 e. The maximum atomic E-state index is 12.3. The fourth-order valence-electron chi connectivity index (χ4n) is 1.55. The number of carbonyl (C=O) groups excluding carboxylic acids is 1. The zero-order valence-electron chi connectivity index (χ0n) is 11.4. The molecule has 0 atom stereocenters. The van der Waals surface area contributed by atoms with Crippen LogP contribution in [0.3, 0.4) is 0 Å². The van der Waals surface area contributed by atoms with Gasteiger partial charge in [0, 0.05) is 33.6 Å². The van der Waals surface area contributed by atoms with Crippen LogP contribution < -0.4 is 11.1 Å². The van der Waals surface area contributed by atoms with E-state index in [9.17, 15) is 13.2 Å². The Hall–Kier alpha value is -1.15. The summed E-state index contributed by atoms with van der Waals surface area (Å²) in [4.78, 5) is 11.2. The second-order valence-corrected chi connectivity index (χ2v) is 6.64. The zero-order valence-corrected chi connectivity index (χ0v) is 13.0. The van der Waals surface area contributed by atoms with Gasteiger partial charge in [0.15, 0.2) is 0 Å². The van der Waals surface area contributed by atoms with Gasteiger partial charge < -0.3 is 11.1 Å². The Bertz CT molecular complexity index is 590. The number of benzene rings is 1. The van der Waals surface area contributed by atoms with Crippen LogP contribution >= 0.6 is 11.6 Å². The molecule has 0 aliphatic rings. The first-order chi connectivity index (χ1) is 9.32. The second-order valence-electron chi connectivity index (χ2n) is 4.22. The monoisotopic (exact) mass is 319 g/mol. The molecule has 1 rings (SSSR count). The van der Waals surface area contributed by atoms with Crippen molar-refractivity contribution in [2.24, 2.45) is 5.73 Å². The molecule has 0 spiro atoms. The van der Waals surface area contributed by atoms with Crippen LogP contribution in [0.1, 0.15) is 12.0 Å². The van der Waals surface area contributed by atoms with Gasteiger partial charge in [-0.2, -0.15) is 0 Å². The first-order valence-corrected chi connectivity index (χ1v) is 7.80. The number of nitrogens with one attached hydrogen (secondary N) is 1. The highest BCUT2D eigenvalue weighted by molar-refractivity contribution is 7.89. The molecule has 0 fully saturated rings. The van der Waals surface area contributed by atoms with Crippen molar-refractivity contribution in [1.29, 1.82) is 0 Å². The highest BCUT2D eigenvalue weighted by atomic mass is 35.5. The minimum atomic E-state index is -3.72. The van der Waals surface area contributed by atoms with E-state index in [1.165, 1.54) is 26.2 Å². The van der Waals surface area contributed by atoms with Crippen LogP contribution in [0, 0.1) is 0 Å².